The summed E-state index contributed by atoms with van der Waals surface area (Å²) in [5.41, 5.74) is 0.0889. The van der Waals surface area contributed by atoms with Gasteiger partial charge in [0.05, 0.1) is 5.56 Å². The van der Waals surface area contributed by atoms with Gasteiger partial charge in [0.2, 0.25) is 0 Å². The Morgan fingerprint density at radius 2 is 1.75 bits per heavy atom. The Kier molecular flexibility index (Phi) is 5.85. The van der Waals surface area contributed by atoms with E-state index in [-0.39, 0.29) is 6.03 Å². The summed E-state index contributed by atoms with van der Waals surface area (Å²) >= 11 is 0. The molecule has 0 aliphatic carbocycles. The van der Waals surface area contributed by atoms with Gasteiger partial charge in [-0.05, 0) is 30.0 Å². The molecule has 1 aromatic carbocycles. The monoisotopic (exact) mass is 288 g/mol. The molecule has 0 saturated carbocycles. The quantitative estimate of drug-likeness (QED) is 0.858. The molecule has 0 radical (unpaired) electrons. The molecule has 20 heavy (non-hydrogen) atoms. The van der Waals surface area contributed by atoms with Gasteiger partial charge in [0.1, 0.15) is 0 Å². The number of nitrogens with one attached hydrogen (secondary N) is 2. The van der Waals surface area contributed by atoms with Crippen molar-refractivity contribution in [3.8, 4) is 0 Å². The van der Waals surface area contributed by atoms with Crippen molar-refractivity contribution in [1.82, 2.24) is 10.6 Å². The molecule has 0 unspecified atom stereocenters. The molecule has 112 valence electrons. The number of hydrogen-bond acceptors (Lipinski definition) is 1. The van der Waals surface area contributed by atoms with Crippen molar-refractivity contribution < 1.29 is 18.0 Å². The Labute approximate surface area is 116 Å². The molecule has 0 aromatic heterocycles. The number of carbonyl (C=O) groups excluding carboxylic acids is 1. The normalized spacial score (nSPS) is 11.5. The van der Waals surface area contributed by atoms with Crippen LogP contribution >= 0.6 is 0 Å². The fraction of sp³-hybridized carbons (Fsp3) is 0.500. The second kappa shape index (κ2) is 7.17. The van der Waals surface area contributed by atoms with Crippen LogP contribution in [0, 0.1) is 5.92 Å². The molecule has 0 bridgehead atoms. The molecule has 0 atom stereocenters. The van der Waals surface area contributed by atoms with Crippen LogP contribution in [-0.2, 0) is 12.6 Å². The lowest BCUT2D eigenvalue weighted by molar-refractivity contribution is -0.137. The van der Waals surface area contributed by atoms with E-state index in [0.29, 0.717) is 25.4 Å². The largest absolute Gasteiger partial charge is 0.416 e. The summed E-state index contributed by atoms with van der Waals surface area (Å²) < 4.78 is 37.1. The molecule has 0 spiro atoms. The van der Waals surface area contributed by atoms with Gasteiger partial charge in [0.15, 0.2) is 0 Å². The van der Waals surface area contributed by atoms with E-state index in [1.54, 1.807) is 0 Å². The maximum atomic E-state index is 12.4. The first-order chi connectivity index (χ1) is 9.29. The minimum absolute atomic E-state index is 0.259. The molecule has 2 amide bonds. The summed E-state index contributed by atoms with van der Waals surface area (Å²) in [5.74, 6) is 0.371. The zero-order valence-corrected chi connectivity index (χ0v) is 11.6. The minimum atomic E-state index is -4.31. The van der Waals surface area contributed by atoms with Crippen molar-refractivity contribution in [2.75, 3.05) is 13.1 Å². The Balaban J connectivity index is 2.34. The van der Waals surface area contributed by atoms with E-state index < -0.39 is 11.7 Å². The van der Waals surface area contributed by atoms with E-state index in [1.807, 2.05) is 13.8 Å². The van der Waals surface area contributed by atoms with Gasteiger partial charge in [0, 0.05) is 13.1 Å². The highest BCUT2D eigenvalue weighted by Crippen LogP contribution is 2.29. The van der Waals surface area contributed by atoms with E-state index in [2.05, 4.69) is 10.6 Å². The van der Waals surface area contributed by atoms with Gasteiger partial charge < -0.3 is 10.6 Å². The highest BCUT2D eigenvalue weighted by atomic mass is 19.4. The van der Waals surface area contributed by atoms with Gasteiger partial charge in [-0.2, -0.15) is 13.2 Å². The van der Waals surface area contributed by atoms with Crippen molar-refractivity contribution in [1.29, 1.82) is 0 Å². The number of hydrogen-bond donors (Lipinski definition) is 2. The molecule has 0 aliphatic heterocycles. The fourth-order valence-corrected chi connectivity index (χ4v) is 1.54. The first kappa shape index (κ1) is 16.3. The standard InChI is InChI=1S/C14H19F3N2O/c1-10(2)9-19-13(20)18-8-7-11-3-5-12(6-4-11)14(15,16)17/h3-6,10H,7-9H2,1-2H3,(H2,18,19,20). The molecular weight excluding hydrogens is 269 g/mol. The second-order valence-electron chi connectivity index (χ2n) is 4.98. The number of rotatable bonds is 5. The summed E-state index contributed by atoms with van der Waals surface area (Å²) in [6.07, 6.45) is -3.82. The molecule has 6 heteroatoms. The molecule has 0 heterocycles. The summed E-state index contributed by atoms with van der Waals surface area (Å²) in [4.78, 5) is 11.4. The van der Waals surface area contributed by atoms with Crippen LogP contribution in [-0.4, -0.2) is 19.1 Å². The van der Waals surface area contributed by atoms with E-state index in [1.165, 1.54) is 12.1 Å². The summed E-state index contributed by atoms with van der Waals surface area (Å²) in [6.45, 7) is 4.95. The Hall–Kier alpha value is -1.72. The average molecular weight is 288 g/mol. The minimum Gasteiger partial charge on any atom is -0.338 e. The molecule has 0 saturated heterocycles. The number of benzene rings is 1. The molecule has 3 nitrogen and oxygen atoms in total. The van der Waals surface area contributed by atoms with Gasteiger partial charge in [-0.25, -0.2) is 4.79 Å². The van der Waals surface area contributed by atoms with Gasteiger partial charge in [0.25, 0.3) is 0 Å². The summed E-state index contributed by atoms with van der Waals surface area (Å²) in [7, 11) is 0. The van der Waals surface area contributed by atoms with Gasteiger partial charge >= 0.3 is 12.2 Å². The lowest BCUT2D eigenvalue weighted by Crippen LogP contribution is -2.38. The van der Waals surface area contributed by atoms with Crippen molar-refractivity contribution in [3.05, 3.63) is 35.4 Å². The summed E-state index contributed by atoms with van der Waals surface area (Å²) in [6, 6.07) is 4.70. The van der Waals surface area contributed by atoms with Crippen molar-refractivity contribution in [2.24, 2.45) is 5.92 Å². The predicted octanol–water partition coefficient (Wildman–Crippen LogP) is 3.20. The van der Waals surface area contributed by atoms with Crippen molar-refractivity contribution in [2.45, 2.75) is 26.4 Å². The van der Waals surface area contributed by atoms with E-state index in [4.69, 9.17) is 0 Å². The smallest absolute Gasteiger partial charge is 0.338 e. The molecule has 1 rings (SSSR count). The van der Waals surface area contributed by atoms with Crippen LogP contribution in [0.5, 0.6) is 0 Å². The third kappa shape index (κ3) is 5.95. The molecule has 0 fully saturated rings. The topological polar surface area (TPSA) is 41.1 Å². The predicted molar refractivity (Wildman–Crippen MR) is 71.4 cm³/mol. The molecule has 2 N–H and O–H groups in total. The van der Waals surface area contributed by atoms with Crippen LogP contribution in [0.3, 0.4) is 0 Å². The number of halogens is 3. The van der Waals surface area contributed by atoms with E-state index in [0.717, 1.165) is 17.7 Å². The highest BCUT2D eigenvalue weighted by Gasteiger charge is 2.29. The van der Waals surface area contributed by atoms with Crippen molar-refractivity contribution >= 4 is 6.03 Å². The molecular formula is C14H19F3N2O. The lowest BCUT2D eigenvalue weighted by Gasteiger charge is -2.10. The number of amides is 2. The highest BCUT2D eigenvalue weighted by molar-refractivity contribution is 5.73. The lowest BCUT2D eigenvalue weighted by atomic mass is 10.1. The van der Waals surface area contributed by atoms with Crippen LogP contribution < -0.4 is 10.6 Å². The van der Waals surface area contributed by atoms with Crippen LogP contribution in [0.1, 0.15) is 25.0 Å². The van der Waals surface area contributed by atoms with Crippen LogP contribution in [0.4, 0.5) is 18.0 Å². The van der Waals surface area contributed by atoms with Gasteiger partial charge in [-0.1, -0.05) is 26.0 Å². The number of alkyl halides is 3. The van der Waals surface area contributed by atoms with Crippen molar-refractivity contribution in [3.63, 3.8) is 0 Å². The molecule has 1 aromatic rings. The first-order valence-corrected chi connectivity index (χ1v) is 6.47. The van der Waals surface area contributed by atoms with E-state index in [9.17, 15) is 18.0 Å². The first-order valence-electron chi connectivity index (χ1n) is 6.47. The third-order valence-electron chi connectivity index (χ3n) is 2.65. The number of carbonyl (C=O) groups is 1. The van der Waals surface area contributed by atoms with Gasteiger partial charge in [-0.3, -0.25) is 0 Å². The average Bonchev–Trinajstić information content (AvgIpc) is 2.36. The van der Waals surface area contributed by atoms with E-state index >= 15 is 0 Å². The summed E-state index contributed by atoms with van der Waals surface area (Å²) in [5, 5.41) is 5.36. The van der Waals surface area contributed by atoms with Crippen LogP contribution in [0.25, 0.3) is 0 Å². The Morgan fingerprint density at radius 1 is 1.15 bits per heavy atom. The number of urea groups is 1. The maximum absolute atomic E-state index is 12.4. The Bertz CT molecular complexity index is 427. The second-order valence-corrected chi connectivity index (χ2v) is 4.98. The van der Waals surface area contributed by atoms with Gasteiger partial charge in [-0.15, -0.1) is 0 Å². The third-order valence-corrected chi connectivity index (χ3v) is 2.65. The van der Waals surface area contributed by atoms with Crippen LogP contribution in [0.2, 0.25) is 0 Å². The Morgan fingerprint density at radius 3 is 2.25 bits per heavy atom. The fourth-order valence-electron chi connectivity index (χ4n) is 1.54. The zero-order valence-electron chi connectivity index (χ0n) is 11.6. The van der Waals surface area contributed by atoms with Crippen LogP contribution in [0.15, 0.2) is 24.3 Å². The molecule has 0 aliphatic rings. The maximum Gasteiger partial charge on any atom is 0.416 e. The zero-order chi connectivity index (χ0) is 15.2. The SMILES string of the molecule is CC(C)CNC(=O)NCCc1ccc(C(F)(F)F)cc1.